The number of amides is 1. The van der Waals surface area contributed by atoms with E-state index in [1.807, 2.05) is 50.2 Å². The molecule has 1 heterocycles. The molecule has 0 saturated heterocycles. The Bertz CT molecular complexity index is 955. The van der Waals surface area contributed by atoms with Crippen LogP contribution < -0.4 is 10.1 Å². The number of pyridine rings is 1. The summed E-state index contributed by atoms with van der Waals surface area (Å²) < 4.78 is 5.72. The Morgan fingerprint density at radius 1 is 1.19 bits per heavy atom. The number of para-hydroxylation sites is 2. The van der Waals surface area contributed by atoms with Crippen LogP contribution in [-0.2, 0) is 0 Å². The van der Waals surface area contributed by atoms with Crippen molar-refractivity contribution in [3.05, 3.63) is 70.4 Å². The molecule has 27 heavy (non-hydrogen) atoms. The molecule has 0 radical (unpaired) electrons. The van der Waals surface area contributed by atoms with Gasteiger partial charge in [0.2, 0.25) is 0 Å². The zero-order chi connectivity index (χ0) is 19.4. The molecule has 1 atom stereocenters. The molecular weight excluding hydrogens is 364 g/mol. The minimum absolute atomic E-state index is 0.0675. The Balaban J connectivity index is 1.62. The van der Waals surface area contributed by atoms with Crippen LogP contribution in [0.5, 0.6) is 5.75 Å². The third-order valence-electron chi connectivity index (χ3n) is 4.26. The molecule has 0 aliphatic heterocycles. The van der Waals surface area contributed by atoms with Gasteiger partial charge in [0.15, 0.2) is 0 Å². The number of aromatic nitrogens is 1. The molecule has 1 aromatic heterocycles. The molecule has 2 N–H and O–H groups in total. The predicted octanol–water partition coefficient (Wildman–Crippen LogP) is 3.67. The van der Waals surface area contributed by atoms with Gasteiger partial charge in [-0.1, -0.05) is 48.0 Å². The summed E-state index contributed by atoms with van der Waals surface area (Å²) in [5.41, 5.74) is 3.08. The average Bonchev–Trinajstić information content (AvgIpc) is 2.65. The molecular formula is C21H21ClN2O3. The number of benzene rings is 2. The minimum atomic E-state index is -0.837. The number of ether oxygens (including phenoxy) is 1. The fourth-order valence-corrected chi connectivity index (χ4v) is 3.10. The van der Waals surface area contributed by atoms with Gasteiger partial charge in [0.25, 0.3) is 5.91 Å². The van der Waals surface area contributed by atoms with Crippen molar-refractivity contribution in [2.24, 2.45) is 0 Å². The Morgan fingerprint density at radius 3 is 2.63 bits per heavy atom. The molecule has 1 amide bonds. The van der Waals surface area contributed by atoms with Gasteiger partial charge in [-0.05, 0) is 37.1 Å². The largest absolute Gasteiger partial charge is 0.490 e. The molecule has 6 heteroatoms. The van der Waals surface area contributed by atoms with Crippen molar-refractivity contribution >= 4 is 28.4 Å². The third-order valence-corrected chi connectivity index (χ3v) is 4.45. The molecule has 0 spiro atoms. The maximum absolute atomic E-state index is 12.5. The molecule has 3 aromatic rings. The number of rotatable bonds is 6. The Labute approximate surface area is 163 Å². The first-order valence-corrected chi connectivity index (χ1v) is 9.04. The summed E-state index contributed by atoms with van der Waals surface area (Å²) in [5, 5.41) is 13.9. The van der Waals surface area contributed by atoms with E-state index in [2.05, 4.69) is 10.3 Å². The van der Waals surface area contributed by atoms with Crippen LogP contribution in [0.3, 0.4) is 0 Å². The summed E-state index contributed by atoms with van der Waals surface area (Å²) >= 11 is 6.02. The molecule has 2 aromatic carbocycles. The lowest BCUT2D eigenvalue weighted by molar-refractivity contribution is 0.0843. The molecule has 0 fully saturated rings. The van der Waals surface area contributed by atoms with Gasteiger partial charge in [0.1, 0.15) is 23.6 Å². The van der Waals surface area contributed by atoms with Crippen LogP contribution in [0, 0.1) is 13.8 Å². The summed E-state index contributed by atoms with van der Waals surface area (Å²) in [6.07, 6.45) is -0.837. The average molecular weight is 385 g/mol. The zero-order valence-corrected chi connectivity index (χ0v) is 16.0. The van der Waals surface area contributed by atoms with Gasteiger partial charge < -0.3 is 15.2 Å². The van der Waals surface area contributed by atoms with Crippen LogP contribution in [0.2, 0.25) is 5.15 Å². The van der Waals surface area contributed by atoms with Crippen LogP contribution in [-0.4, -0.2) is 35.3 Å². The lowest BCUT2D eigenvalue weighted by atomic mass is 10.1. The molecule has 140 valence electrons. The SMILES string of the molecule is Cc1cccc(C)c1OCC(O)CNC(=O)c1cc(Cl)nc2ccccc12. The molecule has 0 saturated carbocycles. The number of carbonyl (C=O) groups excluding carboxylic acids is 1. The Morgan fingerprint density at radius 2 is 1.89 bits per heavy atom. The lowest BCUT2D eigenvalue weighted by Gasteiger charge is -2.16. The number of halogens is 1. The summed E-state index contributed by atoms with van der Waals surface area (Å²) in [5.74, 6) is 0.441. The first-order chi connectivity index (χ1) is 13.0. The number of aryl methyl sites for hydroxylation is 2. The quantitative estimate of drug-likeness (QED) is 0.636. The maximum atomic E-state index is 12.5. The summed E-state index contributed by atoms with van der Waals surface area (Å²) in [4.78, 5) is 16.8. The summed E-state index contributed by atoms with van der Waals surface area (Å²) in [6, 6.07) is 14.7. The molecule has 0 bridgehead atoms. The van der Waals surface area contributed by atoms with Crippen molar-refractivity contribution in [2.75, 3.05) is 13.2 Å². The van der Waals surface area contributed by atoms with Crippen molar-refractivity contribution in [3.63, 3.8) is 0 Å². The number of aliphatic hydroxyl groups excluding tert-OH is 1. The summed E-state index contributed by atoms with van der Waals surface area (Å²) in [7, 11) is 0. The number of aliphatic hydroxyl groups is 1. The van der Waals surface area contributed by atoms with Crippen LogP contribution in [0.15, 0.2) is 48.5 Å². The zero-order valence-electron chi connectivity index (χ0n) is 15.2. The summed E-state index contributed by atoms with van der Waals surface area (Å²) in [6.45, 7) is 4.06. The molecule has 5 nitrogen and oxygen atoms in total. The maximum Gasteiger partial charge on any atom is 0.252 e. The third kappa shape index (κ3) is 4.56. The minimum Gasteiger partial charge on any atom is -0.490 e. The van der Waals surface area contributed by atoms with Crippen molar-refractivity contribution in [1.82, 2.24) is 10.3 Å². The first kappa shape index (κ1) is 19.1. The highest BCUT2D eigenvalue weighted by Crippen LogP contribution is 2.23. The lowest BCUT2D eigenvalue weighted by Crippen LogP contribution is -2.35. The Hall–Kier alpha value is -2.63. The number of hydrogen-bond donors (Lipinski definition) is 2. The molecule has 3 rings (SSSR count). The van der Waals surface area contributed by atoms with Crippen molar-refractivity contribution in [2.45, 2.75) is 20.0 Å². The van der Waals surface area contributed by atoms with E-state index in [1.165, 1.54) is 6.07 Å². The first-order valence-electron chi connectivity index (χ1n) is 8.66. The second-order valence-corrected chi connectivity index (χ2v) is 6.79. The fraction of sp³-hybridized carbons (Fsp3) is 0.238. The second-order valence-electron chi connectivity index (χ2n) is 6.41. The van der Waals surface area contributed by atoms with Gasteiger partial charge >= 0.3 is 0 Å². The van der Waals surface area contributed by atoms with Crippen molar-refractivity contribution < 1.29 is 14.6 Å². The van der Waals surface area contributed by atoms with Gasteiger partial charge in [-0.3, -0.25) is 4.79 Å². The highest BCUT2D eigenvalue weighted by molar-refractivity contribution is 6.30. The standard InChI is InChI=1S/C21H21ClN2O3/c1-13-6-5-7-14(2)20(13)27-12-15(25)11-23-21(26)17-10-19(22)24-18-9-4-3-8-16(17)18/h3-10,15,25H,11-12H2,1-2H3,(H,23,26). The highest BCUT2D eigenvalue weighted by atomic mass is 35.5. The van der Waals surface area contributed by atoms with Gasteiger partial charge in [-0.15, -0.1) is 0 Å². The Kier molecular flexibility index (Phi) is 5.94. The van der Waals surface area contributed by atoms with E-state index in [0.717, 1.165) is 16.9 Å². The van der Waals surface area contributed by atoms with Crippen LogP contribution in [0.25, 0.3) is 10.9 Å². The number of carbonyl (C=O) groups is 1. The van der Waals surface area contributed by atoms with E-state index in [-0.39, 0.29) is 24.2 Å². The fourth-order valence-electron chi connectivity index (χ4n) is 2.90. The van der Waals surface area contributed by atoms with Gasteiger partial charge in [0.05, 0.1) is 11.1 Å². The van der Waals surface area contributed by atoms with Gasteiger partial charge in [-0.2, -0.15) is 0 Å². The van der Waals surface area contributed by atoms with Crippen LogP contribution in [0.1, 0.15) is 21.5 Å². The van der Waals surface area contributed by atoms with Crippen molar-refractivity contribution in [1.29, 1.82) is 0 Å². The van der Waals surface area contributed by atoms with Crippen molar-refractivity contribution in [3.8, 4) is 5.75 Å². The number of nitrogens with one attached hydrogen (secondary N) is 1. The van der Waals surface area contributed by atoms with E-state index in [0.29, 0.717) is 16.5 Å². The topological polar surface area (TPSA) is 71.5 Å². The van der Waals surface area contributed by atoms with E-state index in [1.54, 1.807) is 6.07 Å². The van der Waals surface area contributed by atoms with Gasteiger partial charge in [-0.25, -0.2) is 4.98 Å². The monoisotopic (exact) mass is 384 g/mol. The van der Waals surface area contributed by atoms with Crippen LogP contribution in [0.4, 0.5) is 0 Å². The number of hydrogen-bond acceptors (Lipinski definition) is 4. The number of nitrogens with zero attached hydrogens (tertiary/aromatic N) is 1. The normalized spacial score (nSPS) is 12.0. The van der Waals surface area contributed by atoms with E-state index < -0.39 is 6.10 Å². The molecule has 0 aliphatic carbocycles. The van der Waals surface area contributed by atoms with Gasteiger partial charge in [0, 0.05) is 11.9 Å². The van der Waals surface area contributed by atoms with E-state index >= 15 is 0 Å². The predicted molar refractivity (Wildman–Crippen MR) is 107 cm³/mol. The van der Waals surface area contributed by atoms with E-state index in [9.17, 15) is 9.90 Å². The van der Waals surface area contributed by atoms with Crippen LogP contribution >= 0.6 is 11.6 Å². The smallest absolute Gasteiger partial charge is 0.252 e. The molecule has 0 aliphatic rings. The molecule has 1 unspecified atom stereocenters. The highest BCUT2D eigenvalue weighted by Gasteiger charge is 2.15. The van der Waals surface area contributed by atoms with E-state index in [4.69, 9.17) is 16.3 Å². The second kappa shape index (κ2) is 8.37. The number of fused-ring (bicyclic) bond motifs is 1.